The van der Waals surface area contributed by atoms with E-state index in [2.05, 4.69) is 35.4 Å². The SMILES string of the molecule is COc1cc2c(N(N)c3ccc(Br)cc3F)ncnc2cc1OCCn1c(C)nc2ccccc21. The highest BCUT2D eigenvalue weighted by atomic mass is 79.9. The molecule has 0 saturated carbocycles. The molecule has 0 aliphatic heterocycles. The largest absolute Gasteiger partial charge is 0.493 e. The van der Waals surface area contributed by atoms with Gasteiger partial charge in [-0.3, -0.25) is 5.01 Å². The van der Waals surface area contributed by atoms with Crippen molar-refractivity contribution in [1.29, 1.82) is 0 Å². The molecule has 178 valence electrons. The van der Waals surface area contributed by atoms with Crippen LogP contribution in [0.5, 0.6) is 11.5 Å². The van der Waals surface area contributed by atoms with E-state index in [9.17, 15) is 4.39 Å². The topological polar surface area (TPSA) is 91.3 Å². The van der Waals surface area contributed by atoms with E-state index in [1.807, 2.05) is 31.2 Å². The zero-order chi connectivity index (χ0) is 24.5. The zero-order valence-corrected chi connectivity index (χ0v) is 20.7. The Bertz CT molecular complexity index is 1540. The third kappa shape index (κ3) is 4.38. The Kier molecular flexibility index (Phi) is 6.23. The van der Waals surface area contributed by atoms with Gasteiger partial charge < -0.3 is 14.0 Å². The van der Waals surface area contributed by atoms with Crippen molar-refractivity contribution < 1.29 is 13.9 Å². The maximum Gasteiger partial charge on any atom is 0.163 e. The summed E-state index contributed by atoms with van der Waals surface area (Å²) in [6.07, 6.45) is 1.38. The molecule has 8 nitrogen and oxygen atoms in total. The predicted molar refractivity (Wildman–Crippen MR) is 136 cm³/mol. The fourth-order valence-corrected chi connectivity index (χ4v) is 4.36. The quantitative estimate of drug-likeness (QED) is 0.223. The normalized spacial score (nSPS) is 11.2. The fourth-order valence-electron chi connectivity index (χ4n) is 4.03. The van der Waals surface area contributed by atoms with Crippen LogP contribution in [-0.2, 0) is 6.54 Å². The number of imidazole rings is 1. The highest BCUT2D eigenvalue weighted by Gasteiger charge is 2.18. The summed E-state index contributed by atoms with van der Waals surface area (Å²) in [6, 6.07) is 16.1. The second-order valence-corrected chi connectivity index (χ2v) is 8.75. The summed E-state index contributed by atoms with van der Waals surface area (Å²) in [6.45, 7) is 2.98. The number of hydrazine groups is 1. The van der Waals surface area contributed by atoms with Gasteiger partial charge in [0, 0.05) is 15.9 Å². The molecule has 2 aromatic heterocycles. The van der Waals surface area contributed by atoms with Crippen molar-refractivity contribution >= 4 is 49.4 Å². The Morgan fingerprint density at radius 2 is 1.89 bits per heavy atom. The number of nitrogens with two attached hydrogens (primary N) is 1. The Hall–Kier alpha value is -3.76. The molecule has 0 unspecified atom stereocenters. The molecule has 0 saturated heterocycles. The van der Waals surface area contributed by atoms with E-state index in [0.717, 1.165) is 16.9 Å². The molecule has 0 radical (unpaired) electrons. The van der Waals surface area contributed by atoms with E-state index in [1.165, 1.54) is 17.4 Å². The number of methoxy groups -OCH3 is 1. The summed E-state index contributed by atoms with van der Waals surface area (Å²) in [4.78, 5) is 13.2. The molecule has 5 rings (SSSR count). The molecule has 0 bridgehead atoms. The van der Waals surface area contributed by atoms with E-state index >= 15 is 0 Å². The molecule has 5 aromatic rings. The summed E-state index contributed by atoms with van der Waals surface area (Å²) in [5, 5.41) is 1.79. The molecular weight excluding hydrogens is 515 g/mol. The van der Waals surface area contributed by atoms with Crippen LogP contribution < -0.4 is 20.3 Å². The first-order chi connectivity index (χ1) is 17.0. The van der Waals surface area contributed by atoms with Crippen LogP contribution in [0.3, 0.4) is 0 Å². The number of aryl methyl sites for hydroxylation is 1. The molecule has 0 aliphatic rings. The van der Waals surface area contributed by atoms with Crippen LogP contribution in [0.15, 0.2) is 65.4 Å². The maximum atomic E-state index is 14.5. The van der Waals surface area contributed by atoms with Crippen molar-refractivity contribution in [2.24, 2.45) is 5.84 Å². The van der Waals surface area contributed by atoms with E-state index in [0.29, 0.717) is 45.8 Å². The number of aromatic nitrogens is 4. The third-order valence-electron chi connectivity index (χ3n) is 5.72. The lowest BCUT2D eigenvalue weighted by molar-refractivity contribution is 0.280. The number of nitrogens with zero attached hydrogens (tertiary/aromatic N) is 5. The minimum Gasteiger partial charge on any atom is -0.493 e. The average molecular weight is 537 g/mol. The van der Waals surface area contributed by atoms with E-state index in [-0.39, 0.29) is 5.69 Å². The number of para-hydroxylation sites is 2. The second kappa shape index (κ2) is 9.47. The highest BCUT2D eigenvalue weighted by molar-refractivity contribution is 9.10. The highest BCUT2D eigenvalue weighted by Crippen LogP contribution is 2.36. The molecule has 0 spiro atoms. The Morgan fingerprint density at radius 1 is 1.06 bits per heavy atom. The van der Waals surface area contributed by atoms with E-state index < -0.39 is 5.82 Å². The predicted octanol–water partition coefficient (Wildman–Crippen LogP) is 5.29. The first-order valence-corrected chi connectivity index (χ1v) is 11.6. The van der Waals surface area contributed by atoms with Crippen LogP contribution in [0.4, 0.5) is 15.9 Å². The van der Waals surface area contributed by atoms with Crippen molar-refractivity contribution in [1.82, 2.24) is 19.5 Å². The molecular formula is C25H22BrFN6O2. The summed E-state index contributed by atoms with van der Waals surface area (Å²) in [5.41, 5.74) is 2.77. The van der Waals surface area contributed by atoms with Gasteiger partial charge in [0.1, 0.15) is 24.6 Å². The van der Waals surface area contributed by atoms with Crippen molar-refractivity contribution in [3.8, 4) is 11.5 Å². The smallest absolute Gasteiger partial charge is 0.163 e. The lowest BCUT2D eigenvalue weighted by Gasteiger charge is -2.20. The van der Waals surface area contributed by atoms with Crippen LogP contribution in [0.1, 0.15) is 5.82 Å². The first kappa shape index (κ1) is 23.0. The van der Waals surface area contributed by atoms with Gasteiger partial charge in [-0.05, 0) is 43.3 Å². The average Bonchev–Trinajstić information content (AvgIpc) is 3.17. The summed E-state index contributed by atoms with van der Waals surface area (Å²) in [5.74, 6) is 8.06. The molecule has 3 aromatic carbocycles. The number of fused-ring (bicyclic) bond motifs is 2. The van der Waals surface area contributed by atoms with Gasteiger partial charge in [0.15, 0.2) is 17.3 Å². The van der Waals surface area contributed by atoms with E-state index in [1.54, 1.807) is 31.4 Å². The number of benzene rings is 3. The standard InChI is InChI=1S/C25H22BrFN6O2/c1-15-31-19-5-3-4-6-22(19)32(15)9-10-35-24-13-20-17(12-23(24)34-2)25(30-14-29-20)33(28)21-8-7-16(26)11-18(21)27/h3-8,11-14H,9-10,28H2,1-2H3. The minimum atomic E-state index is -0.483. The van der Waals surface area contributed by atoms with Gasteiger partial charge in [0.25, 0.3) is 0 Å². The first-order valence-electron chi connectivity index (χ1n) is 10.8. The number of anilines is 2. The van der Waals surface area contributed by atoms with Crippen molar-refractivity contribution in [2.75, 3.05) is 18.7 Å². The van der Waals surface area contributed by atoms with Gasteiger partial charge in [-0.15, -0.1) is 0 Å². The summed E-state index contributed by atoms with van der Waals surface area (Å²) in [7, 11) is 1.56. The van der Waals surface area contributed by atoms with Crippen molar-refractivity contribution in [3.05, 3.63) is 77.0 Å². The van der Waals surface area contributed by atoms with Crippen molar-refractivity contribution in [3.63, 3.8) is 0 Å². The van der Waals surface area contributed by atoms with Crippen LogP contribution in [-0.4, -0.2) is 33.2 Å². The minimum absolute atomic E-state index is 0.176. The van der Waals surface area contributed by atoms with Crippen LogP contribution in [0.2, 0.25) is 0 Å². The monoisotopic (exact) mass is 536 g/mol. The van der Waals surface area contributed by atoms with Gasteiger partial charge in [-0.2, -0.15) is 0 Å². The van der Waals surface area contributed by atoms with Crippen LogP contribution in [0.25, 0.3) is 21.9 Å². The third-order valence-corrected chi connectivity index (χ3v) is 6.21. The Morgan fingerprint density at radius 3 is 2.69 bits per heavy atom. The molecule has 35 heavy (non-hydrogen) atoms. The zero-order valence-electron chi connectivity index (χ0n) is 19.1. The second-order valence-electron chi connectivity index (χ2n) is 7.83. The van der Waals surface area contributed by atoms with Gasteiger partial charge in [0.05, 0.1) is 35.9 Å². The van der Waals surface area contributed by atoms with Crippen molar-refractivity contribution in [2.45, 2.75) is 13.5 Å². The molecule has 10 heteroatoms. The molecule has 0 atom stereocenters. The van der Waals surface area contributed by atoms with E-state index in [4.69, 9.17) is 15.3 Å². The van der Waals surface area contributed by atoms with Gasteiger partial charge in [-0.25, -0.2) is 25.2 Å². The number of hydrogen-bond acceptors (Lipinski definition) is 7. The number of ether oxygens (including phenoxy) is 2. The number of halogens is 2. The molecule has 0 amide bonds. The molecule has 0 fully saturated rings. The lowest BCUT2D eigenvalue weighted by atomic mass is 10.2. The maximum absolute atomic E-state index is 14.5. The van der Waals surface area contributed by atoms with Gasteiger partial charge >= 0.3 is 0 Å². The molecule has 0 aliphatic carbocycles. The number of rotatable bonds is 7. The van der Waals surface area contributed by atoms with Crippen LogP contribution in [0, 0.1) is 12.7 Å². The lowest BCUT2D eigenvalue weighted by Crippen LogP contribution is -2.27. The van der Waals surface area contributed by atoms with Crippen LogP contribution >= 0.6 is 15.9 Å². The molecule has 2 heterocycles. The molecule has 2 N–H and O–H groups in total. The van der Waals surface area contributed by atoms with Gasteiger partial charge in [0.2, 0.25) is 0 Å². The number of hydrogen-bond donors (Lipinski definition) is 1. The Labute approximate surface area is 209 Å². The Balaban J connectivity index is 1.43. The summed E-state index contributed by atoms with van der Waals surface area (Å²) >= 11 is 3.26. The fraction of sp³-hybridized carbons (Fsp3) is 0.160. The van der Waals surface area contributed by atoms with Gasteiger partial charge in [-0.1, -0.05) is 28.1 Å². The summed E-state index contributed by atoms with van der Waals surface area (Å²) < 4.78 is 28.9.